The van der Waals surface area contributed by atoms with Crippen molar-refractivity contribution in [3.8, 4) is 0 Å². The number of hydrogen-bond acceptors (Lipinski definition) is 3. The molecule has 0 N–H and O–H groups in total. The molecule has 0 aliphatic carbocycles. The van der Waals surface area contributed by atoms with Gasteiger partial charge in [-0.05, 0) is 6.92 Å². The third kappa shape index (κ3) is 5.73. The molecular formula is C4H6Cl2O3. The zero-order valence-electron chi connectivity index (χ0n) is 4.77. The molecule has 0 bridgehead atoms. The number of ether oxygens (including phenoxy) is 2. The minimum Gasteiger partial charge on any atom is -0.435 e. The summed E-state index contributed by atoms with van der Waals surface area (Å²) in [5.74, 6) is 0. The molecule has 0 rings (SSSR count). The second-order valence-corrected chi connectivity index (χ2v) is 2.08. The SMILES string of the molecule is CCOC(=O)OC(Cl)Cl. The van der Waals surface area contributed by atoms with E-state index in [4.69, 9.17) is 23.2 Å². The Balaban J connectivity index is 3.27. The Morgan fingerprint density at radius 3 is 2.56 bits per heavy atom. The third-order valence-corrected chi connectivity index (χ3v) is 0.626. The van der Waals surface area contributed by atoms with Crippen LogP contribution >= 0.6 is 23.2 Å². The number of halogens is 2. The lowest BCUT2D eigenvalue weighted by Gasteiger charge is -2.02. The molecule has 0 saturated heterocycles. The van der Waals surface area contributed by atoms with E-state index in [0.717, 1.165) is 0 Å². The maximum atomic E-state index is 10.2. The van der Waals surface area contributed by atoms with Crippen molar-refractivity contribution in [2.45, 2.75) is 11.9 Å². The van der Waals surface area contributed by atoms with Crippen LogP contribution in [0.4, 0.5) is 4.79 Å². The summed E-state index contributed by atoms with van der Waals surface area (Å²) >= 11 is 10.1. The maximum Gasteiger partial charge on any atom is 0.510 e. The van der Waals surface area contributed by atoms with Gasteiger partial charge in [0.2, 0.25) is 0 Å². The molecule has 0 aliphatic heterocycles. The van der Waals surface area contributed by atoms with Gasteiger partial charge in [-0.2, -0.15) is 0 Å². The Labute approximate surface area is 62.8 Å². The second-order valence-electron chi connectivity index (χ2n) is 1.06. The van der Waals surface area contributed by atoms with Crippen LogP contribution in [0.2, 0.25) is 0 Å². The van der Waals surface area contributed by atoms with Gasteiger partial charge in [0.25, 0.3) is 5.02 Å². The highest BCUT2D eigenvalue weighted by Crippen LogP contribution is 2.03. The van der Waals surface area contributed by atoms with Gasteiger partial charge in [0.1, 0.15) is 0 Å². The molecular weight excluding hydrogens is 167 g/mol. The highest BCUT2D eigenvalue weighted by molar-refractivity contribution is 6.43. The van der Waals surface area contributed by atoms with Gasteiger partial charge in [0.05, 0.1) is 6.61 Å². The predicted molar refractivity (Wildman–Crippen MR) is 33.6 cm³/mol. The smallest absolute Gasteiger partial charge is 0.435 e. The van der Waals surface area contributed by atoms with Crippen LogP contribution in [0.15, 0.2) is 0 Å². The van der Waals surface area contributed by atoms with Gasteiger partial charge in [-0.1, -0.05) is 23.2 Å². The van der Waals surface area contributed by atoms with Crippen molar-refractivity contribution in [1.29, 1.82) is 0 Å². The van der Waals surface area contributed by atoms with Gasteiger partial charge < -0.3 is 9.47 Å². The fourth-order valence-electron chi connectivity index (χ4n) is 0.225. The summed E-state index contributed by atoms with van der Waals surface area (Å²) in [4.78, 5) is 10.2. The Hall–Kier alpha value is -0.150. The average molecular weight is 173 g/mol. The molecule has 0 atom stereocenters. The van der Waals surface area contributed by atoms with E-state index in [9.17, 15) is 4.79 Å². The minimum atomic E-state index is -1.15. The Morgan fingerprint density at radius 1 is 1.67 bits per heavy atom. The number of alkyl halides is 2. The van der Waals surface area contributed by atoms with E-state index in [1.54, 1.807) is 6.92 Å². The van der Waals surface area contributed by atoms with Crippen LogP contribution in [0, 0.1) is 0 Å². The van der Waals surface area contributed by atoms with Gasteiger partial charge in [-0.25, -0.2) is 4.79 Å². The Morgan fingerprint density at radius 2 is 2.22 bits per heavy atom. The Kier molecular flexibility index (Phi) is 4.62. The summed E-state index contributed by atoms with van der Waals surface area (Å²) in [6, 6.07) is 0. The van der Waals surface area contributed by atoms with E-state index < -0.39 is 11.2 Å². The Bertz CT molecular complexity index is 93.8. The molecule has 0 saturated carbocycles. The first-order valence-corrected chi connectivity index (χ1v) is 3.15. The van der Waals surface area contributed by atoms with Crippen LogP contribution in [-0.2, 0) is 9.47 Å². The summed E-state index contributed by atoms with van der Waals surface area (Å²) in [6.45, 7) is 1.90. The molecule has 0 aliphatic rings. The van der Waals surface area contributed by atoms with Crippen molar-refractivity contribution in [2.24, 2.45) is 0 Å². The predicted octanol–water partition coefficient (Wildman–Crippen LogP) is 1.92. The first-order chi connectivity index (χ1) is 4.16. The van der Waals surface area contributed by atoms with Crippen molar-refractivity contribution in [2.75, 3.05) is 6.61 Å². The lowest BCUT2D eigenvalue weighted by atomic mass is 10.9. The van der Waals surface area contributed by atoms with E-state index in [-0.39, 0.29) is 6.61 Å². The first kappa shape index (κ1) is 8.85. The van der Waals surface area contributed by atoms with Gasteiger partial charge >= 0.3 is 6.16 Å². The summed E-state index contributed by atoms with van der Waals surface area (Å²) in [5.41, 5.74) is 0. The van der Waals surface area contributed by atoms with Gasteiger partial charge in [-0.3, -0.25) is 0 Å². The number of carbonyl (C=O) groups is 1. The second kappa shape index (κ2) is 4.70. The zero-order chi connectivity index (χ0) is 7.28. The minimum absolute atomic E-state index is 0.249. The quantitative estimate of drug-likeness (QED) is 0.472. The lowest BCUT2D eigenvalue weighted by molar-refractivity contribution is 0.0648. The molecule has 0 aromatic heterocycles. The lowest BCUT2D eigenvalue weighted by Crippen LogP contribution is -2.09. The van der Waals surface area contributed by atoms with Gasteiger partial charge in [0, 0.05) is 0 Å². The normalized spacial score (nSPS) is 9.33. The summed E-state index contributed by atoms with van der Waals surface area (Å²) < 4.78 is 8.48. The van der Waals surface area contributed by atoms with Crippen LogP contribution in [0.25, 0.3) is 0 Å². The molecule has 0 amide bonds. The van der Waals surface area contributed by atoms with Crippen LogP contribution in [0.1, 0.15) is 6.92 Å². The standard InChI is InChI=1S/C4H6Cl2O3/c1-2-8-4(7)9-3(5)6/h3H,2H2,1H3. The molecule has 9 heavy (non-hydrogen) atoms. The van der Waals surface area contributed by atoms with E-state index in [1.165, 1.54) is 0 Å². The van der Waals surface area contributed by atoms with Crippen LogP contribution < -0.4 is 0 Å². The van der Waals surface area contributed by atoms with Crippen LogP contribution in [0.5, 0.6) is 0 Å². The van der Waals surface area contributed by atoms with Crippen molar-refractivity contribution in [3.63, 3.8) is 0 Å². The first-order valence-electron chi connectivity index (χ1n) is 2.28. The topological polar surface area (TPSA) is 35.5 Å². The molecule has 0 heterocycles. The van der Waals surface area contributed by atoms with Crippen molar-refractivity contribution < 1.29 is 14.3 Å². The fraction of sp³-hybridized carbons (Fsp3) is 0.750. The van der Waals surface area contributed by atoms with Crippen molar-refractivity contribution in [1.82, 2.24) is 0 Å². The maximum absolute atomic E-state index is 10.2. The summed E-state index contributed by atoms with van der Waals surface area (Å²) in [6.07, 6.45) is -0.854. The average Bonchev–Trinajstić information content (AvgIpc) is 1.63. The summed E-state index contributed by atoms with van der Waals surface area (Å²) in [5, 5.41) is -1.15. The molecule has 0 fully saturated rings. The van der Waals surface area contributed by atoms with Crippen molar-refractivity contribution in [3.05, 3.63) is 0 Å². The number of carbonyl (C=O) groups excluding carboxylic acids is 1. The van der Waals surface area contributed by atoms with E-state index in [2.05, 4.69) is 9.47 Å². The number of hydrogen-bond donors (Lipinski definition) is 0. The van der Waals surface area contributed by atoms with Crippen molar-refractivity contribution >= 4 is 29.4 Å². The molecule has 3 nitrogen and oxygen atoms in total. The molecule has 0 aromatic rings. The zero-order valence-corrected chi connectivity index (χ0v) is 6.28. The molecule has 0 unspecified atom stereocenters. The molecule has 0 spiro atoms. The molecule has 0 aromatic carbocycles. The monoisotopic (exact) mass is 172 g/mol. The summed E-state index contributed by atoms with van der Waals surface area (Å²) in [7, 11) is 0. The fourth-order valence-corrected chi connectivity index (χ4v) is 0.370. The highest BCUT2D eigenvalue weighted by Gasteiger charge is 2.06. The highest BCUT2D eigenvalue weighted by atomic mass is 35.5. The van der Waals surface area contributed by atoms with E-state index >= 15 is 0 Å². The molecule has 54 valence electrons. The largest absolute Gasteiger partial charge is 0.510 e. The molecule has 0 radical (unpaired) electrons. The third-order valence-electron chi connectivity index (χ3n) is 0.448. The van der Waals surface area contributed by atoms with Crippen LogP contribution in [0.3, 0.4) is 0 Å². The number of rotatable bonds is 2. The molecule has 5 heteroatoms. The van der Waals surface area contributed by atoms with Gasteiger partial charge in [0.15, 0.2) is 0 Å². The van der Waals surface area contributed by atoms with E-state index in [1.807, 2.05) is 0 Å². The van der Waals surface area contributed by atoms with E-state index in [0.29, 0.717) is 0 Å². The van der Waals surface area contributed by atoms with Crippen LogP contribution in [-0.4, -0.2) is 17.8 Å². The van der Waals surface area contributed by atoms with Gasteiger partial charge in [-0.15, -0.1) is 0 Å².